The second kappa shape index (κ2) is 8.10. The number of hydrogen-bond donors (Lipinski definition) is 2. The molecule has 82 valence electrons. The first-order chi connectivity index (χ1) is 6.68. The summed E-state index contributed by atoms with van der Waals surface area (Å²) in [5, 5.41) is 20.7. The number of nitrogens with one attached hydrogen (secondary N) is 1. The van der Waals surface area contributed by atoms with Crippen molar-refractivity contribution >= 4 is 11.8 Å². The summed E-state index contributed by atoms with van der Waals surface area (Å²) in [4.78, 5) is 0. The molecule has 0 aromatic rings. The van der Waals surface area contributed by atoms with Gasteiger partial charge in [-0.2, -0.15) is 17.0 Å². The van der Waals surface area contributed by atoms with Crippen LogP contribution in [0.2, 0.25) is 0 Å². The largest absolute Gasteiger partial charge is 0.396 e. The van der Waals surface area contributed by atoms with Crippen molar-refractivity contribution in [2.45, 2.75) is 32.2 Å². The van der Waals surface area contributed by atoms with Crippen LogP contribution in [0.1, 0.15) is 26.7 Å². The van der Waals surface area contributed by atoms with E-state index in [4.69, 9.17) is 10.4 Å². The van der Waals surface area contributed by atoms with Gasteiger partial charge < -0.3 is 5.11 Å². The minimum absolute atomic E-state index is 0.260. The van der Waals surface area contributed by atoms with Crippen LogP contribution < -0.4 is 5.32 Å². The highest BCUT2D eigenvalue weighted by Gasteiger charge is 2.21. The van der Waals surface area contributed by atoms with Gasteiger partial charge in [-0.1, -0.05) is 6.92 Å². The minimum Gasteiger partial charge on any atom is -0.396 e. The summed E-state index contributed by atoms with van der Waals surface area (Å²) >= 11 is 1.79. The summed E-state index contributed by atoms with van der Waals surface area (Å²) < 4.78 is 0. The Balaban J connectivity index is 3.58. The van der Waals surface area contributed by atoms with Gasteiger partial charge in [0.2, 0.25) is 0 Å². The normalized spacial score (nSPS) is 14.7. The Bertz CT molecular complexity index is 181. The van der Waals surface area contributed by atoms with Crippen LogP contribution >= 0.6 is 11.8 Å². The highest BCUT2D eigenvalue weighted by atomic mass is 32.2. The molecule has 0 fully saturated rings. The molecule has 0 bridgehead atoms. The van der Waals surface area contributed by atoms with Gasteiger partial charge in [0.1, 0.15) is 5.54 Å². The molecule has 0 radical (unpaired) electrons. The molecular formula is C10H20N2OS. The maximum absolute atomic E-state index is 8.96. The zero-order chi connectivity index (χ0) is 10.9. The van der Waals surface area contributed by atoms with Crippen LogP contribution in [0.15, 0.2) is 0 Å². The second-order valence-electron chi connectivity index (χ2n) is 3.41. The average molecular weight is 216 g/mol. The summed E-state index contributed by atoms with van der Waals surface area (Å²) in [5.74, 6) is 1.95. The third-order valence-electron chi connectivity index (χ3n) is 2.01. The standard InChI is InChI=1S/C10H20N2OS/c1-3-12-10(2,9-11)5-8-14-7-4-6-13/h12-13H,3-8H2,1-2H3. The van der Waals surface area contributed by atoms with E-state index in [0.29, 0.717) is 0 Å². The molecule has 0 heterocycles. The Labute approximate surface area is 90.9 Å². The lowest BCUT2D eigenvalue weighted by Gasteiger charge is -2.21. The van der Waals surface area contributed by atoms with Crippen LogP contribution in [0.3, 0.4) is 0 Å². The number of nitriles is 1. The predicted molar refractivity (Wildman–Crippen MR) is 61.3 cm³/mol. The van der Waals surface area contributed by atoms with Gasteiger partial charge >= 0.3 is 0 Å². The quantitative estimate of drug-likeness (QED) is 0.602. The smallest absolute Gasteiger partial charge is 0.104 e. The fourth-order valence-corrected chi connectivity index (χ4v) is 2.21. The number of rotatable bonds is 8. The van der Waals surface area contributed by atoms with Crippen molar-refractivity contribution in [2.75, 3.05) is 24.7 Å². The number of aliphatic hydroxyl groups is 1. The molecule has 4 heteroatoms. The summed E-state index contributed by atoms with van der Waals surface area (Å²) in [5.41, 5.74) is -0.388. The Hall–Kier alpha value is -0.240. The second-order valence-corrected chi connectivity index (χ2v) is 4.64. The molecule has 0 saturated carbocycles. The highest BCUT2D eigenvalue weighted by molar-refractivity contribution is 7.99. The van der Waals surface area contributed by atoms with E-state index in [1.165, 1.54) is 0 Å². The Morgan fingerprint density at radius 3 is 2.71 bits per heavy atom. The van der Waals surface area contributed by atoms with Crippen molar-refractivity contribution in [3.63, 3.8) is 0 Å². The van der Waals surface area contributed by atoms with E-state index in [1.54, 1.807) is 11.8 Å². The molecule has 0 rings (SSSR count). The zero-order valence-corrected chi connectivity index (χ0v) is 9.86. The van der Waals surface area contributed by atoms with Crippen molar-refractivity contribution in [1.29, 1.82) is 5.26 Å². The van der Waals surface area contributed by atoms with Crippen LogP contribution in [0.5, 0.6) is 0 Å². The minimum atomic E-state index is -0.388. The molecule has 0 saturated heterocycles. The molecule has 0 aromatic heterocycles. The number of hydrogen-bond acceptors (Lipinski definition) is 4. The van der Waals surface area contributed by atoms with Crippen molar-refractivity contribution in [1.82, 2.24) is 5.32 Å². The Morgan fingerprint density at radius 2 is 2.21 bits per heavy atom. The topological polar surface area (TPSA) is 56.0 Å². The molecule has 0 spiro atoms. The first-order valence-electron chi connectivity index (χ1n) is 5.03. The zero-order valence-electron chi connectivity index (χ0n) is 9.05. The van der Waals surface area contributed by atoms with E-state index in [-0.39, 0.29) is 12.1 Å². The first-order valence-corrected chi connectivity index (χ1v) is 6.19. The Morgan fingerprint density at radius 1 is 1.50 bits per heavy atom. The molecule has 1 atom stereocenters. The van der Waals surface area contributed by atoms with E-state index in [2.05, 4.69) is 11.4 Å². The SMILES string of the molecule is CCNC(C)(C#N)CCSCCCO. The number of aliphatic hydroxyl groups excluding tert-OH is 1. The maximum Gasteiger partial charge on any atom is 0.104 e. The third kappa shape index (κ3) is 6.25. The van der Waals surface area contributed by atoms with Crippen LogP contribution in [-0.2, 0) is 0 Å². The molecule has 14 heavy (non-hydrogen) atoms. The molecular weight excluding hydrogens is 196 g/mol. The lowest BCUT2D eigenvalue weighted by atomic mass is 10.0. The maximum atomic E-state index is 8.96. The first kappa shape index (κ1) is 13.8. The van der Waals surface area contributed by atoms with Gasteiger partial charge in [0, 0.05) is 6.61 Å². The van der Waals surface area contributed by atoms with E-state index in [1.807, 2.05) is 13.8 Å². The van der Waals surface area contributed by atoms with Gasteiger partial charge in [-0.25, -0.2) is 0 Å². The van der Waals surface area contributed by atoms with E-state index >= 15 is 0 Å². The van der Waals surface area contributed by atoms with Gasteiger partial charge in [-0.05, 0) is 37.8 Å². The van der Waals surface area contributed by atoms with Crippen molar-refractivity contribution in [3.05, 3.63) is 0 Å². The third-order valence-corrected chi connectivity index (χ3v) is 3.08. The molecule has 0 amide bonds. The highest BCUT2D eigenvalue weighted by Crippen LogP contribution is 2.13. The van der Waals surface area contributed by atoms with Gasteiger partial charge in [0.25, 0.3) is 0 Å². The molecule has 2 N–H and O–H groups in total. The summed E-state index contributed by atoms with van der Waals surface area (Å²) in [6.45, 7) is 5.03. The van der Waals surface area contributed by atoms with E-state index in [9.17, 15) is 0 Å². The monoisotopic (exact) mass is 216 g/mol. The van der Waals surface area contributed by atoms with E-state index in [0.717, 1.165) is 30.9 Å². The van der Waals surface area contributed by atoms with Crippen molar-refractivity contribution < 1.29 is 5.11 Å². The number of thioether (sulfide) groups is 1. The molecule has 1 unspecified atom stereocenters. The molecule has 0 aliphatic heterocycles. The fourth-order valence-electron chi connectivity index (χ4n) is 1.12. The van der Waals surface area contributed by atoms with Crippen molar-refractivity contribution in [3.8, 4) is 6.07 Å². The predicted octanol–water partition coefficient (Wildman–Crippen LogP) is 1.38. The van der Waals surface area contributed by atoms with Crippen LogP contribution in [0, 0.1) is 11.3 Å². The summed E-state index contributed by atoms with van der Waals surface area (Å²) in [6, 6.07) is 2.30. The van der Waals surface area contributed by atoms with Crippen molar-refractivity contribution in [2.24, 2.45) is 0 Å². The molecule has 0 aromatic carbocycles. The van der Waals surface area contributed by atoms with Gasteiger partial charge in [0.05, 0.1) is 6.07 Å². The van der Waals surface area contributed by atoms with Gasteiger partial charge in [-0.3, -0.25) is 5.32 Å². The number of nitrogens with zero attached hydrogens (tertiary/aromatic N) is 1. The molecule has 0 aliphatic carbocycles. The van der Waals surface area contributed by atoms with Crippen LogP contribution in [-0.4, -0.2) is 35.3 Å². The van der Waals surface area contributed by atoms with Gasteiger partial charge in [0.15, 0.2) is 0 Å². The van der Waals surface area contributed by atoms with E-state index < -0.39 is 0 Å². The fraction of sp³-hybridized carbons (Fsp3) is 0.900. The average Bonchev–Trinajstić information content (AvgIpc) is 2.18. The van der Waals surface area contributed by atoms with Crippen LogP contribution in [0.4, 0.5) is 0 Å². The summed E-state index contributed by atoms with van der Waals surface area (Å²) in [7, 11) is 0. The lowest BCUT2D eigenvalue weighted by Crippen LogP contribution is -2.41. The van der Waals surface area contributed by atoms with Gasteiger partial charge in [-0.15, -0.1) is 0 Å². The van der Waals surface area contributed by atoms with Crippen LogP contribution in [0.25, 0.3) is 0 Å². The summed E-state index contributed by atoms with van der Waals surface area (Å²) in [6.07, 6.45) is 1.70. The molecule has 3 nitrogen and oxygen atoms in total. The molecule has 0 aliphatic rings. The lowest BCUT2D eigenvalue weighted by molar-refractivity contribution is 0.296. The Kier molecular flexibility index (Phi) is 7.96.